The topological polar surface area (TPSA) is 130 Å². The van der Waals surface area contributed by atoms with E-state index in [0.717, 1.165) is 81.7 Å². The predicted molar refractivity (Wildman–Crippen MR) is 222 cm³/mol. The molecule has 7 aromatic rings. The molecular weight excluding hydrogens is 727 g/mol. The second-order valence-corrected chi connectivity index (χ2v) is 16.5. The van der Waals surface area contributed by atoms with E-state index >= 15 is 0 Å². The molecule has 5 heterocycles. The zero-order chi connectivity index (χ0) is 39.7. The summed E-state index contributed by atoms with van der Waals surface area (Å²) in [6.45, 7) is 0.692. The van der Waals surface area contributed by atoms with Crippen molar-refractivity contribution in [1.82, 2.24) is 44.5 Å². The van der Waals surface area contributed by atoms with E-state index in [0.29, 0.717) is 24.1 Å². The lowest BCUT2D eigenvalue weighted by Gasteiger charge is -2.33. The number of amides is 2. The van der Waals surface area contributed by atoms with Gasteiger partial charge in [-0.3, -0.25) is 19.4 Å². The minimum Gasteiger partial charge on any atom is -0.436 e. The fraction of sp³-hybridized carbons (Fsp3) is 0.326. The first-order valence-electron chi connectivity index (χ1n) is 20.2. The molecule has 2 amide bonds. The number of aromatic amines is 2. The Morgan fingerprint density at radius 2 is 1.45 bits per heavy atom. The van der Waals surface area contributed by atoms with Crippen molar-refractivity contribution in [1.29, 1.82) is 0 Å². The molecule has 3 aliphatic rings. The van der Waals surface area contributed by atoms with Crippen LogP contribution in [0.5, 0.6) is 0 Å². The maximum absolute atomic E-state index is 14.3. The second-order valence-electron chi connectivity index (χ2n) is 16.5. The Hall–Kier alpha value is -6.11. The zero-order valence-electron chi connectivity index (χ0n) is 33.2. The number of likely N-dealkylation sites (N-methyl/N-ethyl adjacent to an activating group) is 2. The number of benzene rings is 4. The maximum atomic E-state index is 14.3. The summed E-state index contributed by atoms with van der Waals surface area (Å²) in [4.78, 5) is 58.4. The Bertz CT molecular complexity index is 2630. The molecule has 0 spiro atoms. The number of oxazole rings is 1. The number of carbonyl (C=O) groups is 2. The molecule has 58 heavy (non-hydrogen) atoms. The molecular formula is C46H47N9O3. The Balaban J connectivity index is 0.906. The van der Waals surface area contributed by atoms with E-state index in [1.807, 2.05) is 140 Å². The number of piperidine rings is 1. The standard InChI is InChI=1S/C46H47N9O3/c1-52(2)40(27-13-7-5-8-14-27)45(56)54-22-12-19-35(54)42-48-32-21-20-29(23-34(32)50-42)38-26-47-44(58-38)31-17-11-18-33-39(31)51-43(49-33)37-25-30-24-36(30)55(37)46(57)41(53(3)4)28-15-9-6-10-16-28/h5-11,13-18,20-21,23,26,30,35-37,40-41H,12,19,22,24-25H2,1-4H3,(H,48,50)(H,49,51)/t30-,35-,36-,37-,40+,41+/m0/s1. The number of imidazole rings is 2. The van der Waals surface area contributed by atoms with Gasteiger partial charge in [-0.15, -0.1) is 0 Å². The highest BCUT2D eigenvalue weighted by Crippen LogP contribution is 2.54. The summed E-state index contributed by atoms with van der Waals surface area (Å²) in [7, 11) is 7.84. The number of carbonyl (C=O) groups excluding carboxylic acids is 2. The lowest BCUT2D eigenvalue weighted by atomic mass is 10.0. The van der Waals surface area contributed by atoms with E-state index in [9.17, 15) is 9.59 Å². The number of para-hydroxylation sites is 1. The third-order valence-electron chi connectivity index (χ3n) is 12.3. The number of H-pyrrole nitrogens is 2. The smallest absolute Gasteiger partial charge is 0.245 e. The summed E-state index contributed by atoms with van der Waals surface area (Å²) in [6.07, 6.45) is 5.44. The lowest BCUT2D eigenvalue weighted by Crippen LogP contribution is -2.42. The monoisotopic (exact) mass is 773 g/mol. The summed E-state index contributed by atoms with van der Waals surface area (Å²) >= 11 is 0. The van der Waals surface area contributed by atoms with Crippen molar-refractivity contribution in [2.45, 2.75) is 55.9 Å². The van der Waals surface area contributed by atoms with Gasteiger partial charge in [0.15, 0.2) is 5.76 Å². The summed E-state index contributed by atoms with van der Waals surface area (Å²) in [5.74, 6) is 3.35. The number of hydrogen-bond acceptors (Lipinski definition) is 8. The first-order valence-corrected chi connectivity index (χ1v) is 20.2. The van der Waals surface area contributed by atoms with Gasteiger partial charge >= 0.3 is 0 Å². The molecule has 6 atom stereocenters. The van der Waals surface area contributed by atoms with Gasteiger partial charge in [-0.1, -0.05) is 66.7 Å². The molecule has 12 nitrogen and oxygen atoms in total. The van der Waals surface area contributed by atoms with Crippen molar-refractivity contribution in [3.8, 4) is 22.8 Å². The molecule has 1 aliphatic carbocycles. The first-order chi connectivity index (χ1) is 28.2. The molecule has 2 saturated heterocycles. The van der Waals surface area contributed by atoms with Crippen LogP contribution in [0.2, 0.25) is 0 Å². The van der Waals surface area contributed by atoms with Gasteiger partial charge in [0.1, 0.15) is 29.2 Å². The van der Waals surface area contributed by atoms with Gasteiger partial charge in [-0.2, -0.15) is 0 Å². The van der Waals surface area contributed by atoms with Gasteiger partial charge in [-0.05, 0) is 101 Å². The van der Waals surface area contributed by atoms with Crippen LogP contribution >= 0.6 is 0 Å². The van der Waals surface area contributed by atoms with Crippen molar-refractivity contribution < 1.29 is 14.0 Å². The highest BCUT2D eigenvalue weighted by Gasteiger charge is 2.56. The third-order valence-corrected chi connectivity index (χ3v) is 12.3. The van der Waals surface area contributed by atoms with Crippen molar-refractivity contribution in [3.05, 3.63) is 126 Å². The second kappa shape index (κ2) is 14.4. The zero-order valence-corrected chi connectivity index (χ0v) is 33.2. The van der Waals surface area contributed by atoms with Crippen molar-refractivity contribution in [2.75, 3.05) is 34.7 Å². The number of nitrogens with one attached hydrogen (secondary N) is 2. The van der Waals surface area contributed by atoms with Crippen molar-refractivity contribution >= 4 is 33.9 Å². The van der Waals surface area contributed by atoms with Crippen LogP contribution in [0.1, 0.15) is 72.6 Å². The van der Waals surface area contributed by atoms with Gasteiger partial charge in [0, 0.05) is 18.2 Å². The van der Waals surface area contributed by atoms with Gasteiger partial charge in [0.25, 0.3) is 0 Å². The molecule has 1 saturated carbocycles. The van der Waals surface area contributed by atoms with Gasteiger partial charge < -0.3 is 24.2 Å². The number of nitrogens with zero attached hydrogens (tertiary/aromatic N) is 7. The molecule has 3 fully saturated rings. The van der Waals surface area contributed by atoms with E-state index in [1.165, 1.54) is 0 Å². The number of hydrogen-bond donors (Lipinski definition) is 2. The minimum absolute atomic E-state index is 0.0831. The van der Waals surface area contributed by atoms with E-state index in [-0.39, 0.29) is 42.0 Å². The average molecular weight is 774 g/mol. The number of aromatic nitrogens is 5. The average Bonchev–Trinajstić information content (AvgIpc) is 3.87. The molecule has 2 N–H and O–H groups in total. The molecule has 0 radical (unpaired) electrons. The molecule has 0 unspecified atom stereocenters. The van der Waals surface area contributed by atoms with E-state index in [4.69, 9.17) is 19.4 Å². The van der Waals surface area contributed by atoms with Crippen LogP contribution < -0.4 is 0 Å². The SMILES string of the molecule is CN(C)[C@@H](C(=O)N1CCC[C@H]1c1nc2cc(-c3cnc(-c4cccc5[nH]c([C@@H]6C[C@@H]7C[C@@H]7N6C(=O)[C@@H](c6ccccc6)N(C)C)nc45)o3)ccc2[nH]1)c1ccccc1. The number of fused-ring (bicyclic) bond motifs is 3. The third kappa shape index (κ3) is 6.27. The van der Waals surface area contributed by atoms with Crippen molar-refractivity contribution in [3.63, 3.8) is 0 Å². The van der Waals surface area contributed by atoms with Gasteiger partial charge in [0.2, 0.25) is 17.7 Å². The van der Waals surface area contributed by atoms with Crippen LogP contribution in [-0.4, -0.2) is 97.1 Å². The largest absolute Gasteiger partial charge is 0.436 e. The van der Waals surface area contributed by atoms with E-state index in [2.05, 4.69) is 14.9 Å². The lowest BCUT2D eigenvalue weighted by molar-refractivity contribution is -0.139. The molecule has 294 valence electrons. The molecule has 0 bridgehead atoms. The highest BCUT2D eigenvalue weighted by molar-refractivity contribution is 5.91. The number of rotatable bonds is 10. The van der Waals surface area contributed by atoms with Crippen molar-refractivity contribution in [2.24, 2.45) is 5.92 Å². The molecule has 4 aromatic carbocycles. The summed E-state index contributed by atoms with van der Waals surface area (Å²) < 4.78 is 6.45. The maximum Gasteiger partial charge on any atom is 0.245 e. The van der Waals surface area contributed by atoms with Crippen LogP contribution in [-0.2, 0) is 9.59 Å². The first kappa shape index (κ1) is 36.2. The molecule has 10 rings (SSSR count). The van der Waals surface area contributed by atoms with Crippen LogP contribution in [0.4, 0.5) is 0 Å². The van der Waals surface area contributed by atoms with Crippen LogP contribution in [0.3, 0.4) is 0 Å². The number of likely N-dealkylation sites (tertiary alicyclic amines) is 2. The highest BCUT2D eigenvalue weighted by atomic mass is 16.4. The predicted octanol–water partition coefficient (Wildman–Crippen LogP) is 7.69. The summed E-state index contributed by atoms with van der Waals surface area (Å²) in [6, 6.07) is 31.2. The quantitative estimate of drug-likeness (QED) is 0.145. The Kier molecular flexibility index (Phi) is 8.98. The molecule has 12 heteroatoms. The summed E-state index contributed by atoms with van der Waals surface area (Å²) in [5.41, 5.74) is 6.94. The Morgan fingerprint density at radius 1 is 0.759 bits per heavy atom. The fourth-order valence-corrected chi connectivity index (χ4v) is 9.47. The van der Waals surface area contributed by atoms with Crippen LogP contribution in [0.15, 0.2) is 108 Å². The van der Waals surface area contributed by atoms with Gasteiger partial charge in [0.05, 0.1) is 40.4 Å². The van der Waals surface area contributed by atoms with Crippen LogP contribution in [0, 0.1) is 5.92 Å². The Labute approximate surface area is 336 Å². The van der Waals surface area contributed by atoms with Gasteiger partial charge in [-0.25, -0.2) is 15.0 Å². The van der Waals surface area contributed by atoms with E-state index < -0.39 is 0 Å². The van der Waals surface area contributed by atoms with E-state index in [1.54, 1.807) is 6.20 Å². The van der Waals surface area contributed by atoms with Crippen LogP contribution in [0.25, 0.3) is 44.8 Å². The molecule has 2 aliphatic heterocycles. The minimum atomic E-state index is -0.372. The fourth-order valence-electron chi connectivity index (χ4n) is 9.47. The normalized spacial score (nSPS) is 21.3. The Morgan fingerprint density at radius 3 is 2.17 bits per heavy atom. The molecule has 3 aromatic heterocycles. The summed E-state index contributed by atoms with van der Waals surface area (Å²) in [5, 5.41) is 0.